The fourth-order valence-electron chi connectivity index (χ4n) is 3.72. The first-order valence-corrected chi connectivity index (χ1v) is 11.1. The van der Waals surface area contributed by atoms with Crippen molar-refractivity contribution < 1.29 is 9.47 Å². The second-order valence-corrected chi connectivity index (χ2v) is 8.11. The SMILES string of the molecule is CN=C(NCCCOCC1CCCO1)NCc1ccc(N2CCC(C)CC2)nc1.I. The van der Waals surface area contributed by atoms with Gasteiger partial charge in [-0.25, -0.2) is 4.98 Å². The van der Waals surface area contributed by atoms with Crippen LogP contribution in [-0.4, -0.2) is 63.6 Å². The van der Waals surface area contributed by atoms with Crippen LogP contribution in [0.2, 0.25) is 0 Å². The number of halogens is 1. The number of aliphatic imine (C=N–C) groups is 1. The summed E-state index contributed by atoms with van der Waals surface area (Å²) in [4.78, 5) is 11.3. The second-order valence-electron chi connectivity index (χ2n) is 8.11. The summed E-state index contributed by atoms with van der Waals surface area (Å²) in [6, 6.07) is 4.29. The molecule has 3 rings (SSSR count). The Labute approximate surface area is 198 Å². The maximum absolute atomic E-state index is 5.69. The van der Waals surface area contributed by atoms with E-state index in [4.69, 9.17) is 9.47 Å². The van der Waals surface area contributed by atoms with Crippen LogP contribution in [0.15, 0.2) is 23.3 Å². The Morgan fingerprint density at radius 2 is 2.10 bits per heavy atom. The molecule has 2 N–H and O–H groups in total. The molecule has 30 heavy (non-hydrogen) atoms. The third-order valence-corrected chi connectivity index (χ3v) is 5.69. The molecule has 0 radical (unpaired) electrons. The normalized spacial score (nSPS) is 20.1. The van der Waals surface area contributed by atoms with Crippen LogP contribution in [0.1, 0.15) is 44.6 Å². The van der Waals surface area contributed by atoms with Crippen molar-refractivity contribution in [3.8, 4) is 0 Å². The van der Waals surface area contributed by atoms with Gasteiger partial charge in [-0.2, -0.15) is 0 Å². The van der Waals surface area contributed by atoms with E-state index < -0.39 is 0 Å². The van der Waals surface area contributed by atoms with Crippen molar-refractivity contribution >= 4 is 35.8 Å². The quantitative estimate of drug-likeness (QED) is 0.221. The summed E-state index contributed by atoms with van der Waals surface area (Å²) in [5.41, 5.74) is 1.15. The summed E-state index contributed by atoms with van der Waals surface area (Å²) in [5.74, 6) is 2.73. The fraction of sp³-hybridized carbons (Fsp3) is 0.727. The lowest BCUT2D eigenvalue weighted by atomic mass is 9.99. The largest absolute Gasteiger partial charge is 0.379 e. The van der Waals surface area contributed by atoms with Gasteiger partial charge in [0.15, 0.2) is 5.96 Å². The minimum absolute atomic E-state index is 0. The van der Waals surface area contributed by atoms with Gasteiger partial charge >= 0.3 is 0 Å². The number of pyridine rings is 1. The summed E-state index contributed by atoms with van der Waals surface area (Å²) >= 11 is 0. The Morgan fingerprint density at radius 3 is 2.77 bits per heavy atom. The van der Waals surface area contributed by atoms with Crippen molar-refractivity contribution in [3.05, 3.63) is 23.9 Å². The Balaban J connectivity index is 0.00000320. The van der Waals surface area contributed by atoms with E-state index in [1.54, 1.807) is 7.05 Å². The molecular formula is C22H38IN5O2. The summed E-state index contributed by atoms with van der Waals surface area (Å²) in [6.07, 6.45) is 8.01. The second kappa shape index (κ2) is 14.0. The van der Waals surface area contributed by atoms with Crippen molar-refractivity contribution in [3.63, 3.8) is 0 Å². The first kappa shape index (κ1) is 25.1. The molecule has 1 unspecified atom stereocenters. The highest BCUT2D eigenvalue weighted by molar-refractivity contribution is 14.0. The van der Waals surface area contributed by atoms with Gasteiger partial charge in [-0.05, 0) is 49.7 Å². The smallest absolute Gasteiger partial charge is 0.191 e. The summed E-state index contributed by atoms with van der Waals surface area (Å²) in [7, 11) is 1.79. The van der Waals surface area contributed by atoms with E-state index in [1.807, 2.05) is 6.20 Å². The number of ether oxygens (including phenoxy) is 2. The van der Waals surface area contributed by atoms with Gasteiger partial charge in [0.1, 0.15) is 5.82 Å². The van der Waals surface area contributed by atoms with Crippen molar-refractivity contribution in [2.24, 2.45) is 10.9 Å². The van der Waals surface area contributed by atoms with Crippen LogP contribution in [0, 0.1) is 5.92 Å². The third kappa shape index (κ3) is 8.55. The lowest BCUT2D eigenvalue weighted by Gasteiger charge is -2.31. The molecule has 2 aliphatic rings. The number of hydrogen-bond donors (Lipinski definition) is 2. The molecule has 0 spiro atoms. The molecule has 1 aromatic rings. The molecule has 0 amide bonds. The topological polar surface area (TPSA) is 71.0 Å². The number of nitrogens with zero attached hydrogens (tertiary/aromatic N) is 3. The van der Waals surface area contributed by atoms with Crippen LogP contribution in [0.4, 0.5) is 5.82 Å². The number of rotatable bonds is 9. The average Bonchev–Trinajstić information content (AvgIpc) is 3.27. The van der Waals surface area contributed by atoms with Crippen molar-refractivity contribution in [1.82, 2.24) is 15.6 Å². The average molecular weight is 531 g/mol. The minimum atomic E-state index is 0. The molecule has 170 valence electrons. The zero-order valence-corrected chi connectivity index (χ0v) is 20.8. The minimum Gasteiger partial charge on any atom is -0.379 e. The number of nitrogens with one attached hydrogen (secondary N) is 2. The monoisotopic (exact) mass is 531 g/mol. The van der Waals surface area contributed by atoms with E-state index in [0.717, 1.165) is 75.4 Å². The predicted octanol–water partition coefficient (Wildman–Crippen LogP) is 3.19. The number of guanidine groups is 1. The molecule has 3 heterocycles. The molecule has 0 aliphatic carbocycles. The highest BCUT2D eigenvalue weighted by Crippen LogP contribution is 2.21. The highest BCUT2D eigenvalue weighted by Gasteiger charge is 2.17. The first-order valence-electron chi connectivity index (χ1n) is 11.1. The standard InChI is InChI=1S/C22H37N5O2.HI/c1-18-8-11-27(12-9-18)21-7-6-19(15-25-21)16-26-22(23-2)24-10-4-13-28-17-20-5-3-14-29-20;/h6-7,15,18,20H,3-5,8-14,16-17H2,1-2H3,(H2,23,24,26);1H. The number of piperidine rings is 1. The maximum Gasteiger partial charge on any atom is 0.191 e. The van der Waals surface area contributed by atoms with Crippen LogP contribution in [0.25, 0.3) is 0 Å². The molecule has 0 aromatic carbocycles. The van der Waals surface area contributed by atoms with Gasteiger partial charge < -0.3 is 25.0 Å². The maximum atomic E-state index is 5.69. The zero-order valence-electron chi connectivity index (χ0n) is 18.4. The Kier molecular flexibility index (Phi) is 11.8. The van der Waals surface area contributed by atoms with E-state index in [9.17, 15) is 0 Å². The molecule has 8 heteroatoms. The van der Waals surface area contributed by atoms with Crippen LogP contribution in [0.3, 0.4) is 0 Å². The number of anilines is 1. The van der Waals surface area contributed by atoms with Crippen LogP contribution < -0.4 is 15.5 Å². The van der Waals surface area contributed by atoms with Gasteiger partial charge in [-0.3, -0.25) is 4.99 Å². The number of aromatic nitrogens is 1. The van der Waals surface area contributed by atoms with Crippen LogP contribution >= 0.6 is 24.0 Å². The Hall–Kier alpha value is -1.13. The molecule has 7 nitrogen and oxygen atoms in total. The summed E-state index contributed by atoms with van der Waals surface area (Å²) in [5, 5.41) is 6.68. The van der Waals surface area contributed by atoms with E-state index >= 15 is 0 Å². The summed E-state index contributed by atoms with van der Waals surface area (Å²) < 4.78 is 11.2. The van der Waals surface area contributed by atoms with Crippen molar-refractivity contribution in [1.29, 1.82) is 0 Å². The van der Waals surface area contributed by atoms with Gasteiger partial charge in [0, 0.05) is 52.6 Å². The van der Waals surface area contributed by atoms with E-state index in [1.165, 1.54) is 12.8 Å². The molecule has 2 fully saturated rings. The summed E-state index contributed by atoms with van der Waals surface area (Å²) in [6.45, 7) is 8.43. The van der Waals surface area contributed by atoms with Crippen LogP contribution in [-0.2, 0) is 16.0 Å². The highest BCUT2D eigenvalue weighted by atomic mass is 127. The molecule has 0 bridgehead atoms. The number of hydrogen-bond acceptors (Lipinski definition) is 5. The van der Waals surface area contributed by atoms with E-state index in [-0.39, 0.29) is 24.0 Å². The van der Waals surface area contributed by atoms with E-state index in [0.29, 0.717) is 19.3 Å². The van der Waals surface area contributed by atoms with Crippen LogP contribution in [0.5, 0.6) is 0 Å². The van der Waals surface area contributed by atoms with Gasteiger partial charge in [0.2, 0.25) is 0 Å². The van der Waals surface area contributed by atoms with Gasteiger partial charge in [-0.15, -0.1) is 24.0 Å². The lowest BCUT2D eigenvalue weighted by Crippen LogP contribution is -2.37. The van der Waals surface area contributed by atoms with Crippen molar-refractivity contribution in [2.75, 3.05) is 51.4 Å². The predicted molar refractivity (Wildman–Crippen MR) is 133 cm³/mol. The van der Waals surface area contributed by atoms with E-state index in [2.05, 4.69) is 44.6 Å². The lowest BCUT2D eigenvalue weighted by molar-refractivity contribution is 0.0168. The molecule has 1 atom stereocenters. The Morgan fingerprint density at radius 1 is 1.27 bits per heavy atom. The molecule has 0 saturated carbocycles. The zero-order chi connectivity index (χ0) is 20.3. The molecule has 2 saturated heterocycles. The molecule has 2 aliphatic heterocycles. The molecule has 1 aromatic heterocycles. The fourth-order valence-corrected chi connectivity index (χ4v) is 3.72. The van der Waals surface area contributed by atoms with Crippen molar-refractivity contribution in [2.45, 2.75) is 51.7 Å². The van der Waals surface area contributed by atoms with Gasteiger partial charge in [0.05, 0.1) is 12.7 Å². The van der Waals surface area contributed by atoms with Gasteiger partial charge in [-0.1, -0.05) is 13.0 Å². The Bertz CT molecular complexity index is 614. The van der Waals surface area contributed by atoms with Gasteiger partial charge in [0.25, 0.3) is 0 Å². The molecular weight excluding hydrogens is 493 g/mol. The first-order chi connectivity index (χ1) is 14.2. The third-order valence-electron chi connectivity index (χ3n) is 5.69.